The number of nitrogens with two attached hydrogens (primary N) is 2. The van der Waals surface area contributed by atoms with Gasteiger partial charge in [0.05, 0.1) is 68.6 Å². The summed E-state index contributed by atoms with van der Waals surface area (Å²) in [5.41, 5.74) is 22.8. The number of nitrogens with one attached hydrogen (secondary N) is 4. The number of ketones is 2. The highest BCUT2D eigenvalue weighted by molar-refractivity contribution is 6.52. The molecule has 15 aromatic rings. The third-order valence-corrected chi connectivity index (χ3v) is 26.1. The molecule has 0 saturated carbocycles. The number of amides is 1. The number of carboxylic acid groups (broad SMARTS) is 2. The fourth-order valence-electron chi connectivity index (χ4n) is 18.4. The van der Waals surface area contributed by atoms with E-state index in [9.17, 15) is 34.4 Å². The Bertz CT molecular complexity index is 6710. The van der Waals surface area contributed by atoms with Crippen LogP contribution in [0, 0.1) is 10.1 Å². The standard InChI is InChI=1S/C24H27N3O2.C24H25N3O.C17H17N3O2.C17H19N3O.C17H14N2O3.C7H13NO2.C2H4O2.C2H6.2CH4/c1-17(27-13-7-8-14-27)24(28)26-23-20-12-6-5-11-19(20)22(15-21(23)25)29-16-18-9-3-2-4-10-18;1-17(27-13-7-8-14-27)24-25-21-15-22(28-16-18-9-3-2-4-10-18)19-11-5-6-12-20(19)23(21)26-24;1-10(20-8-4-5-9-20)17-18-13-11-6-2-3-7-12(11)15(21)16(22)14(13)19-17;1-11(20-8-4-5-9-20)17-18-14-10-15(21)12-6-2-3-7-13(12)16(14)19-17;18-17-14-9-5-4-8-13(14)16(10-15(17)19(20)21)22-11-12-6-2-1-3-7-12;1-6(7(9)10)8-4-2-3-5-8;1-2(3)4;1-2;;/h2-6,9-12,15,17H,7-8,13-14,16,25H2,1H3,(H,26,28);2-6,9-12,15,17H,7-8,13-14,16H2,1H3,(H,25,26);2-3,6-7,10H,4-5,8-9H2,1H3,(H,18,19);2-3,6-7,10-11,21H,4-5,8-9H2,1H3,(H,18,19);1-10H,11,18H2;6H,2-5H2,1H3,(H,9,10);1H3,(H,3,4);1-2H3;2*1H4/i;;;;;;;;1D;. The first-order valence-corrected chi connectivity index (χ1v) is 47.9. The number of aromatic hydroxyl groups is 1. The van der Waals surface area contributed by atoms with Gasteiger partial charge in [-0.25, -0.2) is 15.0 Å². The number of hydrogen-bond donors (Lipinski definition) is 9. The molecule has 0 bridgehead atoms. The lowest BCUT2D eigenvalue weighted by Gasteiger charge is -2.24. The van der Waals surface area contributed by atoms with Crippen molar-refractivity contribution in [2.75, 3.05) is 82.2 Å². The summed E-state index contributed by atoms with van der Waals surface area (Å²) in [6.07, 6.45) is 12.1. The molecule has 6 aliphatic rings. The van der Waals surface area contributed by atoms with Crippen LogP contribution in [-0.4, -0.2) is 182 Å². The molecule has 734 valence electrons. The zero-order valence-electron chi connectivity index (χ0n) is 81.8. The monoisotopic (exact) mass is 1900 g/mol. The van der Waals surface area contributed by atoms with Gasteiger partial charge >= 0.3 is 5.97 Å². The van der Waals surface area contributed by atoms with Crippen molar-refractivity contribution in [3.05, 3.63) is 292 Å². The van der Waals surface area contributed by atoms with Gasteiger partial charge in [0.1, 0.15) is 83.4 Å². The summed E-state index contributed by atoms with van der Waals surface area (Å²) in [4.78, 5) is 104. The Labute approximate surface area is 820 Å². The number of carbonyl (C=O) groups excluding carboxylic acids is 3. The number of Topliss-reactive ketones (excluding diaryl/α,β-unsaturated/α-hetero) is 2. The normalized spacial score (nSPS) is 15.6. The molecule has 3 aromatic heterocycles. The van der Waals surface area contributed by atoms with Gasteiger partial charge in [-0.2, -0.15) is 0 Å². The fourth-order valence-corrected chi connectivity index (χ4v) is 18.4. The van der Waals surface area contributed by atoms with Crippen LogP contribution in [0.4, 0.5) is 22.7 Å². The second kappa shape index (κ2) is 49.7. The summed E-state index contributed by atoms with van der Waals surface area (Å²) >= 11 is 0. The van der Waals surface area contributed by atoms with E-state index in [1.807, 2.05) is 177 Å². The Hall–Kier alpha value is -14.4. The Balaban J connectivity index is 0.000000151. The largest absolute Gasteiger partial charge is 0.507 e. The first kappa shape index (κ1) is 103. The molecule has 28 nitrogen and oxygen atoms in total. The van der Waals surface area contributed by atoms with Crippen LogP contribution in [0.15, 0.2) is 237 Å². The van der Waals surface area contributed by atoms with Crippen LogP contribution in [0.2, 0.25) is 0 Å². The first-order valence-electron chi connectivity index (χ1n) is 48.9. The third-order valence-electron chi connectivity index (χ3n) is 26.1. The molecule has 140 heavy (non-hydrogen) atoms. The molecule has 8 heterocycles. The summed E-state index contributed by atoms with van der Waals surface area (Å²) in [7, 11) is 1.25. The van der Waals surface area contributed by atoms with E-state index >= 15 is 0 Å². The van der Waals surface area contributed by atoms with E-state index in [1.165, 1.54) is 57.6 Å². The number of carboxylic acids is 2. The van der Waals surface area contributed by atoms with E-state index in [1.54, 1.807) is 43.3 Å². The Kier molecular flexibility index (Phi) is 36.6. The van der Waals surface area contributed by atoms with Crippen LogP contribution < -0.4 is 31.0 Å². The van der Waals surface area contributed by atoms with Gasteiger partial charge in [0.25, 0.3) is 17.4 Å². The number of aromatic amines is 3. The van der Waals surface area contributed by atoms with E-state index in [0.717, 1.165) is 198 Å². The number of nitrogens with zero attached hydrogens (tertiary/aromatic N) is 9. The summed E-state index contributed by atoms with van der Waals surface area (Å²) in [6.45, 7) is 27.2. The number of anilines is 3. The molecular weight excluding hydrogens is 1760 g/mol. The number of benzene rings is 12. The van der Waals surface area contributed by atoms with Crippen LogP contribution >= 0.6 is 0 Å². The highest BCUT2D eigenvalue weighted by Crippen LogP contribution is 2.43. The molecule has 1 aliphatic carbocycles. The fraction of sp³-hybridized carbons (Fsp3) is 0.339. The second-order valence-corrected chi connectivity index (χ2v) is 35.2. The first-order chi connectivity index (χ1) is 67.9. The molecule has 0 spiro atoms. The number of carbonyl (C=O) groups is 5. The van der Waals surface area contributed by atoms with E-state index < -0.39 is 28.4 Å². The molecule has 1 amide bonds. The maximum Gasteiger partial charge on any atom is 0.320 e. The molecule has 21 rings (SSSR count). The van der Waals surface area contributed by atoms with Crippen LogP contribution in [0.5, 0.6) is 23.0 Å². The summed E-state index contributed by atoms with van der Waals surface area (Å²) in [5, 5.41) is 47.7. The average molecular weight is 1900 g/mol. The molecule has 0 radical (unpaired) electrons. The van der Waals surface area contributed by atoms with E-state index in [4.69, 9.17) is 52.0 Å². The number of aromatic nitrogens is 6. The zero-order valence-corrected chi connectivity index (χ0v) is 80.8. The summed E-state index contributed by atoms with van der Waals surface area (Å²) in [5.74, 6) is 2.68. The lowest BCUT2D eigenvalue weighted by atomic mass is 9.90. The number of aliphatic carboxylic acids is 2. The molecule has 5 fully saturated rings. The van der Waals surface area contributed by atoms with Crippen LogP contribution in [0.25, 0.3) is 76.4 Å². The van der Waals surface area contributed by atoms with Crippen molar-refractivity contribution in [3.63, 3.8) is 0 Å². The van der Waals surface area contributed by atoms with Crippen molar-refractivity contribution in [2.24, 2.45) is 0 Å². The molecule has 5 unspecified atom stereocenters. The Morgan fingerprint density at radius 2 is 0.779 bits per heavy atom. The minimum atomic E-state index is -0.833. The molecule has 28 heteroatoms. The van der Waals surface area contributed by atoms with Crippen molar-refractivity contribution in [1.82, 2.24) is 54.4 Å². The number of nitro groups is 1. The van der Waals surface area contributed by atoms with Crippen molar-refractivity contribution in [1.29, 1.82) is 0 Å². The Morgan fingerprint density at radius 1 is 0.443 bits per heavy atom. The topological polar surface area (TPSA) is 383 Å². The highest BCUT2D eigenvalue weighted by Gasteiger charge is 2.36. The quantitative estimate of drug-likeness (QED) is 0.0140. The van der Waals surface area contributed by atoms with Gasteiger partial charge in [-0.3, -0.25) is 58.6 Å². The maximum atomic E-state index is 12.9. The highest BCUT2D eigenvalue weighted by atomic mass is 16.6. The molecular formula is C112H133N15O13. The predicted octanol–water partition coefficient (Wildman–Crippen LogP) is 22.9. The number of nitrogen functional groups attached to an aromatic ring is 2. The Morgan fingerprint density at radius 3 is 1.21 bits per heavy atom. The number of ether oxygens (including phenoxy) is 3. The maximum absolute atomic E-state index is 12.9. The predicted molar refractivity (Wildman–Crippen MR) is 560 cm³/mol. The number of hydrogen-bond acceptors (Lipinski definition) is 21. The molecule has 5 saturated heterocycles. The minimum Gasteiger partial charge on any atom is -0.507 e. The van der Waals surface area contributed by atoms with Gasteiger partial charge in [0, 0.05) is 80.7 Å². The lowest BCUT2D eigenvalue weighted by molar-refractivity contribution is -0.383. The van der Waals surface area contributed by atoms with Gasteiger partial charge in [-0.15, -0.1) is 0 Å². The summed E-state index contributed by atoms with van der Waals surface area (Å²) < 4.78 is 23.8. The smallest absolute Gasteiger partial charge is 0.320 e. The number of likely N-dealkylation sites (tertiary alicyclic amines) is 5. The van der Waals surface area contributed by atoms with Gasteiger partial charge in [0.15, 0.2) is 0 Å². The van der Waals surface area contributed by atoms with Crippen LogP contribution in [0.1, 0.15) is 209 Å². The molecule has 11 N–H and O–H groups in total. The number of H-pyrrole nitrogens is 3. The van der Waals surface area contributed by atoms with Crippen molar-refractivity contribution in [3.8, 4) is 34.3 Å². The van der Waals surface area contributed by atoms with Crippen molar-refractivity contribution >= 4 is 117 Å². The number of rotatable bonds is 21. The van der Waals surface area contributed by atoms with Gasteiger partial charge in [0.2, 0.25) is 11.7 Å². The van der Waals surface area contributed by atoms with Crippen LogP contribution in [0.3, 0.4) is 0 Å². The average Bonchev–Trinajstić information content (AvgIpc) is 1.64. The van der Waals surface area contributed by atoms with Crippen LogP contribution in [-0.2, 0) is 34.2 Å². The number of phenols is 1. The number of phenolic OH excluding ortho intramolecular Hbond substituents is 1. The second-order valence-electron chi connectivity index (χ2n) is 35.2. The van der Waals surface area contributed by atoms with Gasteiger partial charge in [-0.05, 0) is 181 Å². The van der Waals surface area contributed by atoms with E-state index in [-0.39, 0.29) is 42.8 Å². The van der Waals surface area contributed by atoms with Gasteiger partial charge in [-0.1, -0.05) is 241 Å². The zero-order chi connectivity index (χ0) is 99.5. The third kappa shape index (κ3) is 25.4. The number of nitro benzene ring substituents is 1. The number of fused-ring (bicyclic) bond motifs is 11. The molecule has 12 aromatic carbocycles. The lowest BCUT2D eigenvalue weighted by Crippen LogP contribution is -2.40. The SMILES string of the molecule is C.CC.CC(=O)O.CC(C(=O)Nc1c(N)cc(OCc2ccccc2)c2ccccc12)N1CCCC1.CC(C(=O)O)N1CCCC1.CC(c1nc2c([nH]1)C(=O)C(=O)c1ccccc1-2)N1CCCC1.CC(c1nc2c(cc(O)c3ccccc32)[nH]1)N1CCCC1.CC(c1nc2c(cc(OCc3ccccc3)c3ccccc32)[nH]1)N1CCCC1.Nc1c([N+](=O)[O-])cc(OCc2ccccc2)c2ccccc12.[2H]C. The van der Waals surface area contributed by atoms with Gasteiger partial charge < -0.3 is 61.3 Å². The summed E-state index contributed by atoms with van der Waals surface area (Å²) in [6, 6.07) is 75.9. The minimum absolute atomic E-state index is 0. The number of imidazole rings is 3. The van der Waals surface area contributed by atoms with Crippen molar-refractivity contribution < 1.29 is 59.8 Å². The van der Waals surface area contributed by atoms with E-state index in [0.29, 0.717) is 82.9 Å². The van der Waals surface area contributed by atoms with E-state index in [2.05, 4.69) is 108 Å². The molecule has 5 atom stereocenters. The molecule has 5 aliphatic heterocycles. The van der Waals surface area contributed by atoms with Crippen molar-refractivity contribution in [2.45, 2.75) is 184 Å².